The number of rotatable bonds is 5. The lowest BCUT2D eigenvalue weighted by molar-refractivity contribution is -0.119. The molecule has 1 aliphatic heterocycles. The molecule has 0 unspecified atom stereocenters. The summed E-state index contributed by atoms with van der Waals surface area (Å²) in [5, 5.41) is 20.9. The van der Waals surface area contributed by atoms with Crippen molar-refractivity contribution >= 4 is 44.9 Å². The molecule has 1 aliphatic rings. The van der Waals surface area contributed by atoms with Crippen molar-refractivity contribution in [2.75, 3.05) is 17.2 Å². The largest absolute Gasteiger partial charge is 0.391 e. The third-order valence-corrected chi connectivity index (χ3v) is 6.89. The van der Waals surface area contributed by atoms with Crippen LogP contribution < -0.4 is 15.8 Å². The molecule has 36 heavy (non-hydrogen) atoms. The first kappa shape index (κ1) is 25.6. The third-order valence-electron chi connectivity index (χ3n) is 5.67. The van der Waals surface area contributed by atoms with E-state index in [-0.39, 0.29) is 34.7 Å². The molecule has 0 saturated carbocycles. The van der Waals surface area contributed by atoms with E-state index in [1.807, 2.05) is 0 Å². The number of anilines is 2. The molecule has 3 aromatic carbocycles. The van der Waals surface area contributed by atoms with Crippen LogP contribution >= 0.6 is 11.6 Å². The fourth-order valence-electron chi connectivity index (χ4n) is 3.97. The normalized spacial score (nSPS) is 17.6. The molecule has 0 aromatic heterocycles. The minimum absolute atomic E-state index is 0.0265. The first-order chi connectivity index (χ1) is 17.0. The number of nitrogens with two attached hydrogens (primary N) is 1. The van der Waals surface area contributed by atoms with Gasteiger partial charge in [-0.1, -0.05) is 35.9 Å². The molecule has 0 radical (unpaired) electrons. The predicted molar refractivity (Wildman–Crippen MR) is 133 cm³/mol. The minimum Gasteiger partial charge on any atom is -0.391 e. The Balaban J connectivity index is 1.51. The maximum absolute atomic E-state index is 14.9. The van der Waals surface area contributed by atoms with Gasteiger partial charge in [-0.2, -0.15) is 0 Å². The fraction of sp³-hybridized carbons (Fsp3) is 0.167. The Morgan fingerprint density at radius 1 is 1.06 bits per heavy atom. The van der Waals surface area contributed by atoms with Crippen molar-refractivity contribution in [3.63, 3.8) is 0 Å². The van der Waals surface area contributed by atoms with Crippen LogP contribution in [0.5, 0.6) is 0 Å². The Hall–Kier alpha value is -3.51. The Kier molecular flexibility index (Phi) is 7.27. The van der Waals surface area contributed by atoms with E-state index in [9.17, 15) is 27.5 Å². The van der Waals surface area contributed by atoms with Crippen LogP contribution in [0.4, 0.5) is 20.6 Å². The van der Waals surface area contributed by atoms with Crippen LogP contribution in [-0.4, -0.2) is 49.1 Å². The molecular weight excluding hydrogens is 511 g/mol. The average Bonchev–Trinajstić information content (AvgIpc) is 3.23. The molecule has 3 aromatic rings. The highest BCUT2D eigenvalue weighted by Gasteiger charge is 2.39. The van der Waals surface area contributed by atoms with Crippen LogP contribution in [0.15, 0.2) is 71.6 Å². The number of sulfonamides is 1. The standard InChI is InChI=1S/C24H22ClFN4O5S/c25-15-6-8-16(9-7-15)28-24(33)30-13-17(31)12-21(30)23(32)29-20-10-5-14(11-19(20)26)18-3-1-2-4-22(18)36(27,34)35/h1-11,17,21,31H,12-13H2,(H,28,33)(H,29,32)(H2,27,34,35)/t17-,21-/m1/s1. The monoisotopic (exact) mass is 532 g/mol. The highest BCUT2D eigenvalue weighted by atomic mass is 35.5. The molecule has 1 fully saturated rings. The molecule has 1 heterocycles. The van der Waals surface area contributed by atoms with Gasteiger partial charge in [0, 0.05) is 29.2 Å². The summed E-state index contributed by atoms with van der Waals surface area (Å²) in [6.45, 7) is -0.0801. The molecular formula is C24H22ClFN4O5S. The molecule has 2 atom stereocenters. The number of nitrogens with one attached hydrogen (secondary N) is 2. The van der Waals surface area contributed by atoms with Gasteiger partial charge >= 0.3 is 6.03 Å². The van der Waals surface area contributed by atoms with E-state index in [4.69, 9.17) is 16.7 Å². The first-order valence-corrected chi connectivity index (χ1v) is 12.7. The SMILES string of the molecule is NS(=O)(=O)c1ccccc1-c1ccc(NC(=O)[C@H]2C[C@@H](O)CN2C(=O)Nc2ccc(Cl)cc2)c(F)c1. The summed E-state index contributed by atoms with van der Waals surface area (Å²) in [6, 6.07) is 14.4. The Morgan fingerprint density at radius 2 is 1.75 bits per heavy atom. The molecule has 12 heteroatoms. The van der Waals surface area contributed by atoms with Crippen LogP contribution in [0, 0.1) is 5.82 Å². The van der Waals surface area contributed by atoms with Gasteiger partial charge in [-0.05, 0) is 48.0 Å². The number of aliphatic hydroxyl groups is 1. The van der Waals surface area contributed by atoms with E-state index in [0.717, 1.165) is 6.07 Å². The number of benzene rings is 3. The van der Waals surface area contributed by atoms with Gasteiger partial charge in [-0.25, -0.2) is 22.7 Å². The van der Waals surface area contributed by atoms with E-state index in [0.29, 0.717) is 10.7 Å². The van der Waals surface area contributed by atoms with Crippen LogP contribution in [0.2, 0.25) is 5.02 Å². The molecule has 188 valence electrons. The van der Waals surface area contributed by atoms with Gasteiger partial charge in [0.2, 0.25) is 15.9 Å². The maximum Gasteiger partial charge on any atom is 0.322 e. The van der Waals surface area contributed by atoms with Crippen molar-refractivity contribution in [1.82, 2.24) is 4.90 Å². The fourth-order valence-corrected chi connectivity index (χ4v) is 4.86. The maximum atomic E-state index is 14.9. The van der Waals surface area contributed by atoms with E-state index in [1.165, 1.54) is 35.2 Å². The van der Waals surface area contributed by atoms with Crippen molar-refractivity contribution < 1.29 is 27.5 Å². The minimum atomic E-state index is -4.04. The Bertz CT molecular complexity index is 1420. The van der Waals surface area contributed by atoms with E-state index >= 15 is 0 Å². The second kappa shape index (κ2) is 10.2. The number of likely N-dealkylation sites (tertiary alicyclic amines) is 1. The summed E-state index contributed by atoms with van der Waals surface area (Å²) in [7, 11) is -4.04. The highest BCUT2D eigenvalue weighted by molar-refractivity contribution is 7.89. The molecule has 1 saturated heterocycles. The molecule has 9 nitrogen and oxygen atoms in total. The topological polar surface area (TPSA) is 142 Å². The zero-order valence-electron chi connectivity index (χ0n) is 18.7. The van der Waals surface area contributed by atoms with Gasteiger partial charge < -0.3 is 20.6 Å². The van der Waals surface area contributed by atoms with Gasteiger partial charge in [0.15, 0.2) is 0 Å². The number of carbonyl (C=O) groups is 2. The summed E-state index contributed by atoms with van der Waals surface area (Å²) in [6.07, 6.45) is -0.958. The van der Waals surface area contributed by atoms with Crippen LogP contribution in [0.1, 0.15) is 6.42 Å². The molecule has 0 aliphatic carbocycles. The first-order valence-electron chi connectivity index (χ1n) is 10.8. The predicted octanol–water partition coefficient (Wildman–Crippen LogP) is 3.40. The summed E-state index contributed by atoms with van der Waals surface area (Å²) in [5.41, 5.74) is 0.735. The second-order valence-electron chi connectivity index (χ2n) is 8.22. The lowest BCUT2D eigenvalue weighted by atomic mass is 10.0. The van der Waals surface area contributed by atoms with Gasteiger partial charge in [0.1, 0.15) is 11.9 Å². The van der Waals surface area contributed by atoms with Crippen LogP contribution in [0.3, 0.4) is 0 Å². The number of hydrogen-bond donors (Lipinski definition) is 4. The van der Waals surface area contributed by atoms with Gasteiger partial charge in [-0.3, -0.25) is 4.79 Å². The number of urea groups is 1. The van der Waals surface area contributed by atoms with E-state index < -0.39 is 39.9 Å². The average molecular weight is 533 g/mol. The number of amides is 3. The van der Waals surface area contributed by atoms with Crippen molar-refractivity contribution in [1.29, 1.82) is 0 Å². The lowest BCUT2D eigenvalue weighted by Gasteiger charge is -2.24. The molecule has 3 amide bonds. The quantitative estimate of drug-likeness (QED) is 0.398. The Labute approximate surface area is 211 Å². The molecule has 5 N–H and O–H groups in total. The van der Waals surface area contributed by atoms with Crippen molar-refractivity contribution in [2.24, 2.45) is 5.14 Å². The van der Waals surface area contributed by atoms with Gasteiger partial charge in [0.25, 0.3) is 0 Å². The summed E-state index contributed by atoms with van der Waals surface area (Å²) in [5.74, 6) is -1.50. The van der Waals surface area contributed by atoms with Crippen molar-refractivity contribution in [2.45, 2.75) is 23.5 Å². The smallest absolute Gasteiger partial charge is 0.322 e. The number of β-amino-alcohol motifs (C(OH)–C–C–N with tert-alkyl or cyclic N) is 1. The number of carbonyl (C=O) groups excluding carboxylic acids is 2. The molecule has 0 bridgehead atoms. The Morgan fingerprint density at radius 3 is 2.42 bits per heavy atom. The van der Waals surface area contributed by atoms with E-state index in [1.54, 1.807) is 30.3 Å². The van der Waals surface area contributed by atoms with Crippen LogP contribution in [-0.2, 0) is 14.8 Å². The number of halogens is 2. The second-order valence-corrected chi connectivity index (χ2v) is 10.2. The zero-order chi connectivity index (χ0) is 26.0. The zero-order valence-corrected chi connectivity index (χ0v) is 20.3. The summed E-state index contributed by atoms with van der Waals surface area (Å²) >= 11 is 5.85. The summed E-state index contributed by atoms with van der Waals surface area (Å²) < 4.78 is 38.7. The molecule has 0 spiro atoms. The number of hydrogen-bond acceptors (Lipinski definition) is 5. The number of primary sulfonamides is 1. The van der Waals surface area contributed by atoms with Gasteiger partial charge in [-0.15, -0.1) is 0 Å². The summed E-state index contributed by atoms with van der Waals surface area (Å²) in [4.78, 5) is 26.7. The number of nitrogens with zero attached hydrogens (tertiary/aromatic N) is 1. The van der Waals surface area contributed by atoms with Crippen LogP contribution in [0.25, 0.3) is 11.1 Å². The number of aliphatic hydroxyl groups excluding tert-OH is 1. The highest BCUT2D eigenvalue weighted by Crippen LogP contribution is 2.30. The third kappa shape index (κ3) is 5.65. The van der Waals surface area contributed by atoms with Crippen molar-refractivity contribution in [3.8, 4) is 11.1 Å². The van der Waals surface area contributed by atoms with Crippen molar-refractivity contribution in [3.05, 3.63) is 77.6 Å². The van der Waals surface area contributed by atoms with Gasteiger partial charge in [0.05, 0.1) is 16.7 Å². The lowest BCUT2D eigenvalue weighted by Crippen LogP contribution is -2.45. The molecule has 4 rings (SSSR count). The van der Waals surface area contributed by atoms with E-state index in [2.05, 4.69) is 10.6 Å².